The summed E-state index contributed by atoms with van der Waals surface area (Å²) in [6.45, 7) is 0.449. The smallest absolute Gasteiger partial charge is 0.317 e. The molecule has 1 heterocycles. The van der Waals surface area contributed by atoms with E-state index in [1.54, 1.807) is 19.4 Å². The third kappa shape index (κ3) is 4.22. The molecule has 2 N–H and O–H groups in total. The maximum absolute atomic E-state index is 12.1. The molecule has 6 heteroatoms. The zero-order valence-electron chi connectivity index (χ0n) is 11.5. The van der Waals surface area contributed by atoms with Gasteiger partial charge in [0.1, 0.15) is 0 Å². The lowest BCUT2D eigenvalue weighted by Crippen LogP contribution is -2.44. The second kappa shape index (κ2) is 6.36. The van der Waals surface area contributed by atoms with Gasteiger partial charge in [-0.05, 0) is 30.4 Å². The molecule has 1 atom stereocenters. The predicted molar refractivity (Wildman–Crippen MR) is 73.0 cm³/mol. The highest BCUT2D eigenvalue weighted by molar-refractivity contribution is 5.75. The molecule has 108 valence electrons. The van der Waals surface area contributed by atoms with Gasteiger partial charge in [-0.3, -0.25) is 9.78 Å². The molecule has 0 aromatic carbocycles. The first-order chi connectivity index (χ1) is 9.56. The Morgan fingerprint density at radius 2 is 2.30 bits per heavy atom. The Morgan fingerprint density at radius 1 is 1.55 bits per heavy atom. The van der Waals surface area contributed by atoms with Crippen molar-refractivity contribution in [3.8, 4) is 0 Å². The minimum Gasteiger partial charge on any atom is -0.481 e. The molecule has 20 heavy (non-hydrogen) atoms. The summed E-state index contributed by atoms with van der Waals surface area (Å²) in [5.41, 5.74) is 0.936. The van der Waals surface area contributed by atoms with Gasteiger partial charge in [0.15, 0.2) is 0 Å². The van der Waals surface area contributed by atoms with Crippen LogP contribution in [0, 0.1) is 5.92 Å². The second-order valence-corrected chi connectivity index (χ2v) is 5.21. The molecule has 1 unspecified atom stereocenters. The van der Waals surface area contributed by atoms with Crippen LogP contribution in [0.1, 0.15) is 24.8 Å². The van der Waals surface area contributed by atoms with Gasteiger partial charge in [0.25, 0.3) is 0 Å². The van der Waals surface area contributed by atoms with E-state index in [0.29, 0.717) is 12.5 Å². The summed E-state index contributed by atoms with van der Waals surface area (Å²) in [5, 5.41) is 11.7. The Labute approximate surface area is 117 Å². The number of urea groups is 1. The minimum atomic E-state index is -0.878. The normalized spacial score (nSPS) is 15.4. The molecule has 2 rings (SSSR count). The topological polar surface area (TPSA) is 82.5 Å². The summed E-state index contributed by atoms with van der Waals surface area (Å²) in [7, 11) is 1.69. The Kier molecular flexibility index (Phi) is 4.55. The van der Waals surface area contributed by atoms with Crippen LogP contribution in [-0.2, 0) is 11.3 Å². The van der Waals surface area contributed by atoms with Crippen molar-refractivity contribution in [1.82, 2.24) is 15.2 Å². The SMILES string of the molecule is CN(Cc1cccnc1)C(=O)NC(CC(=O)O)C1CC1. The molecular weight excluding hydrogens is 258 g/mol. The molecule has 1 saturated carbocycles. The van der Waals surface area contributed by atoms with Gasteiger partial charge < -0.3 is 15.3 Å². The number of carbonyl (C=O) groups excluding carboxylic acids is 1. The number of amides is 2. The van der Waals surface area contributed by atoms with E-state index < -0.39 is 5.97 Å². The molecular formula is C14H19N3O3. The maximum atomic E-state index is 12.1. The molecule has 0 aliphatic heterocycles. The number of carbonyl (C=O) groups is 2. The number of nitrogens with one attached hydrogen (secondary N) is 1. The van der Waals surface area contributed by atoms with E-state index in [2.05, 4.69) is 10.3 Å². The summed E-state index contributed by atoms with van der Waals surface area (Å²) in [5.74, 6) is -0.570. The Bertz CT molecular complexity index is 474. The molecule has 1 aromatic rings. The number of carboxylic acids is 1. The van der Waals surface area contributed by atoms with Crippen molar-refractivity contribution in [2.24, 2.45) is 5.92 Å². The number of pyridine rings is 1. The number of hydrogen-bond acceptors (Lipinski definition) is 3. The monoisotopic (exact) mass is 277 g/mol. The molecule has 0 spiro atoms. The molecule has 1 aliphatic rings. The van der Waals surface area contributed by atoms with Crippen molar-refractivity contribution in [2.45, 2.75) is 31.8 Å². The van der Waals surface area contributed by atoms with Crippen molar-refractivity contribution in [3.05, 3.63) is 30.1 Å². The quantitative estimate of drug-likeness (QED) is 0.825. The first-order valence-corrected chi connectivity index (χ1v) is 6.68. The zero-order valence-corrected chi connectivity index (χ0v) is 11.5. The van der Waals surface area contributed by atoms with Crippen molar-refractivity contribution >= 4 is 12.0 Å². The number of rotatable bonds is 6. The lowest BCUT2D eigenvalue weighted by molar-refractivity contribution is -0.137. The number of carboxylic acid groups (broad SMARTS) is 1. The average molecular weight is 277 g/mol. The van der Waals surface area contributed by atoms with E-state index >= 15 is 0 Å². The van der Waals surface area contributed by atoms with Gasteiger partial charge in [0, 0.05) is 32.0 Å². The van der Waals surface area contributed by atoms with Gasteiger partial charge in [0.2, 0.25) is 0 Å². The number of nitrogens with zero attached hydrogens (tertiary/aromatic N) is 2. The number of aliphatic carboxylic acids is 1. The first-order valence-electron chi connectivity index (χ1n) is 6.68. The van der Waals surface area contributed by atoms with E-state index in [1.165, 1.54) is 4.90 Å². The number of hydrogen-bond donors (Lipinski definition) is 2. The summed E-state index contributed by atoms with van der Waals surface area (Å²) in [4.78, 5) is 28.4. The molecule has 6 nitrogen and oxygen atoms in total. The highest BCUT2D eigenvalue weighted by Crippen LogP contribution is 2.34. The maximum Gasteiger partial charge on any atom is 0.317 e. The van der Waals surface area contributed by atoms with Crippen molar-refractivity contribution in [1.29, 1.82) is 0 Å². The fourth-order valence-electron chi connectivity index (χ4n) is 2.13. The first kappa shape index (κ1) is 14.3. The second-order valence-electron chi connectivity index (χ2n) is 5.21. The largest absolute Gasteiger partial charge is 0.481 e. The van der Waals surface area contributed by atoms with Crippen LogP contribution in [-0.4, -0.2) is 40.1 Å². The van der Waals surface area contributed by atoms with Crippen LogP contribution in [0.3, 0.4) is 0 Å². The van der Waals surface area contributed by atoms with Crippen LogP contribution in [0.5, 0.6) is 0 Å². The third-order valence-corrected chi connectivity index (χ3v) is 3.38. The lowest BCUT2D eigenvalue weighted by atomic mass is 10.1. The van der Waals surface area contributed by atoms with Crippen molar-refractivity contribution < 1.29 is 14.7 Å². The van der Waals surface area contributed by atoms with Gasteiger partial charge in [-0.2, -0.15) is 0 Å². The van der Waals surface area contributed by atoms with Crippen LogP contribution in [0.15, 0.2) is 24.5 Å². The van der Waals surface area contributed by atoms with Gasteiger partial charge in [-0.1, -0.05) is 6.07 Å². The van der Waals surface area contributed by atoms with Crippen LogP contribution in [0.25, 0.3) is 0 Å². The summed E-state index contributed by atoms with van der Waals surface area (Å²) >= 11 is 0. The Hall–Kier alpha value is -2.11. The van der Waals surface area contributed by atoms with Crippen molar-refractivity contribution in [2.75, 3.05) is 7.05 Å². The summed E-state index contributed by atoms with van der Waals surface area (Å²) in [6.07, 6.45) is 5.35. The van der Waals surface area contributed by atoms with Crippen LogP contribution in [0.2, 0.25) is 0 Å². The highest BCUT2D eigenvalue weighted by atomic mass is 16.4. The predicted octanol–water partition coefficient (Wildman–Crippen LogP) is 1.48. The Morgan fingerprint density at radius 3 is 2.85 bits per heavy atom. The fourth-order valence-corrected chi connectivity index (χ4v) is 2.13. The summed E-state index contributed by atoms with van der Waals surface area (Å²) < 4.78 is 0. The van der Waals surface area contributed by atoms with E-state index in [0.717, 1.165) is 18.4 Å². The zero-order chi connectivity index (χ0) is 14.5. The van der Waals surface area contributed by atoms with E-state index in [9.17, 15) is 9.59 Å². The van der Waals surface area contributed by atoms with Gasteiger partial charge >= 0.3 is 12.0 Å². The number of aromatic nitrogens is 1. The molecule has 0 bridgehead atoms. The van der Waals surface area contributed by atoms with E-state index in [4.69, 9.17) is 5.11 Å². The van der Waals surface area contributed by atoms with E-state index in [1.807, 2.05) is 12.1 Å². The van der Waals surface area contributed by atoms with Gasteiger partial charge in [0.05, 0.1) is 6.42 Å². The van der Waals surface area contributed by atoms with Crippen LogP contribution < -0.4 is 5.32 Å². The molecule has 1 aromatic heterocycles. The minimum absolute atomic E-state index is 0.0167. The van der Waals surface area contributed by atoms with E-state index in [-0.39, 0.29) is 18.5 Å². The highest BCUT2D eigenvalue weighted by Gasteiger charge is 2.34. The fraction of sp³-hybridized carbons (Fsp3) is 0.500. The standard InChI is InChI=1S/C14H19N3O3/c1-17(9-10-3-2-6-15-8-10)14(20)16-12(7-13(18)19)11-4-5-11/h2-3,6,8,11-12H,4-5,7,9H2,1H3,(H,16,20)(H,18,19). The summed E-state index contributed by atoms with van der Waals surface area (Å²) in [6, 6.07) is 3.20. The van der Waals surface area contributed by atoms with Crippen LogP contribution >= 0.6 is 0 Å². The van der Waals surface area contributed by atoms with Gasteiger partial charge in [-0.15, -0.1) is 0 Å². The lowest BCUT2D eigenvalue weighted by Gasteiger charge is -2.22. The average Bonchev–Trinajstić information content (AvgIpc) is 3.22. The van der Waals surface area contributed by atoms with Gasteiger partial charge in [-0.25, -0.2) is 4.79 Å². The molecule has 1 fully saturated rings. The van der Waals surface area contributed by atoms with Crippen LogP contribution in [0.4, 0.5) is 4.79 Å². The molecule has 1 aliphatic carbocycles. The Balaban J connectivity index is 1.87. The molecule has 0 radical (unpaired) electrons. The molecule has 0 saturated heterocycles. The molecule has 2 amide bonds. The van der Waals surface area contributed by atoms with Crippen molar-refractivity contribution in [3.63, 3.8) is 0 Å². The third-order valence-electron chi connectivity index (χ3n) is 3.38.